The Hall–Kier alpha value is -4.14. The number of hydrogen-bond donors (Lipinski definition) is 1. The molecule has 0 unspecified atom stereocenters. The third kappa shape index (κ3) is 4.53. The molecule has 2 aliphatic rings. The summed E-state index contributed by atoms with van der Waals surface area (Å²) in [6.07, 6.45) is 3.70. The Bertz CT molecular complexity index is 1700. The maximum absolute atomic E-state index is 13.0. The lowest BCUT2D eigenvalue weighted by Crippen LogP contribution is -2.35. The van der Waals surface area contributed by atoms with Crippen LogP contribution < -0.4 is 4.74 Å². The van der Waals surface area contributed by atoms with Gasteiger partial charge in [-0.2, -0.15) is 15.1 Å². The molecule has 0 spiro atoms. The Labute approximate surface area is 228 Å². The number of aryl methyl sites for hydroxylation is 1. The predicted molar refractivity (Wildman–Crippen MR) is 154 cm³/mol. The van der Waals surface area contributed by atoms with Gasteiger partial charge in [0.05, 0.1) is 17.1 Å². The number of nitrogens with one attached hydrogen (secondary N) is 1. The van der Waals surface area contributed by atoms with E-state index in [4.69, 9.17) is 21.7 Å². The zero-order valence-electron chi connectivity index (χ0n) is 20.4. The summed E-state index contributed by atoms with van der Waals surface area (Å²) < 4.78 is 8.06. The molecule has 38 heavy (non-hydrogen) atoms. The lowest BCUT2D eigenvalue weighted by molar-refractivity contribution is -0.114. The molecule has 1 amide bonds. The Morgan fingerprint density at radius 2 is 1.89 bits per heavy atom. The lowest BCUT2D eigenvalue weighted by Gasteiger charge is -2.20. The molecule has 188 valence electrons. The first-order valence-electron chi connectivity index (χ1n) is 12.0. The van der Waals surface area contributed by atoms with Gasteiger partial charge >= 0.3 is 0 Å². The topological polar surface area (TPSA) is 83.0 Å². The van der Waals surface area contributed by atoms with Crippen molar-refractivity contribution in [3.8, 4) is 5.75 Å². The quantitative estimate of drug-likeness (QED) is 0.289. The third-order valence-corrected chi connectivity index (χ3v) is 7.54. The number of nitrogens with zero attached hydrogens (tertiary/aromatic N) is 4. The van der Waals surface area contributed by atoms with Crippen molar-refractivity contribution in [2.45, 2.75) is 13.5 Å². The highest BCUT2D eigenvalue weighted by Crippen LogP contribution is 2.33. The summed E-state index contributed by atoms with van der Waals surface area (Å²) in [5.74, 6) is 0.344. The van der Waals surface area contributed by atoms with Gasteiger partial charge in [-0.25, -0.2) is 0 Å². The van der Waals surface area contributed by atoms with Crippen LogP contribution in [0.5, 0.6) is 5.75 Å². The smallest absolute Gasteiger partial charge is 0.283 e. The lowest BCUT2D eigenvalue weighted by atomic mass is 10.1. The van der Waals surface area contributed by atoms with Gasteiger partial charge in [0.25, 0.3) is 5.91 Å². The largest absolute Gasteiger partial charge is 0.492 e. The molecule has 1 aromatic heterocycles. The molecule has 0 fully saturated rings. The van der Waals surface area contributed by atoms with E-state index in [-0.39, 0.29) is 11.4 Å². The second-order valence-corrected chi connectivity index (χ2v) is 10.2. The minimum absolute atomic E-state index is 0.0193. The number of benzene rings is 3. The first-order chi connectivity index (χ1) is 18.5. The van der Waals surface area contributed by atoms with E-state index in [0.717, 1.165) is 33.3 Å². The monoisotopic (exact) mass is 539 g/mol. The number of amidine groups is 2. The minimum Gasteiger partial charge on any atom is -0.492 e. The number of amides is 1. The third-order valence-electron chi connectivity index (χ3n) is 6.27. The van der Waals surface area contributed by atoms with Gasteiger partial charge in [0.15, 0.2) is 5.84 Å². The summed E-state index contributed by atoms with van der Waals surface area (Å²) in [6, 6.07) is 23.3. The number of halogens is 1. The molecule has 6 rings (SSSR count). The standard InChI is InChI=1S/C29H22ClN5O2S/c1-18-7-6-8-20(15-18)37-14-13-34-17-19(21-9-3-5-12-25(21)34)16-23-26(31)35-29(32-27(23)36)38-28(33-35)22-10-2-4-11-24(22)30/h2-12,15-17,31H,13-14H2,1H3/b23-16+,31-26?. The molecule has 9 heteroatoms. The van der Waals surface area contributed by atoms with E-state index < -0.39 is 5.91 Å². The van der Waals surface area contributed by atoms with Crippen molar-refractivity contribution < 1.29 is 9.53 Å². The molecule has 0 atom stereocenters. The average molecular weight is 540 g/mol. The molecular formula is C29H22ClN5O2S. The fraction of sp³-hybridized carbons (Fsp3) is 0.103. The van der Waals surface area contributed by atoms with Gasteiger partial charge in [-0.1, -0.05) is 60.1 Å². The number of aliphatic imine (C=N–C) groups is 1. The fourth-order valence-electron chi connectivity index (χ4n) is 4.43. The number of hydrogen-bond acceptors (Lipinski definition) is 5. The highest BCUT2D eigenvalue weighted by atomic mass is 35.5. The number of thioether (sulfide) groups is 1. The fourth-order valence-corrected chi connectivity index (χ4v) is 5.65. The van der Waals surface area contributed by atoms with Crippen molar-refractivity contribution in [3.63, 3.8) is 0 Å². The highest BCUT2D eigenvalue weighted by molar-refractivity contribution is 8.27. The van der Waals surface area contributed by atoms with Gasteiger partial charge in [0.2, 0.25) is 5.17 Å². The van der Waals surface area contributed by atoms with Crippen LogP contribution in [0.4, 0.5) is 0 Å². The van der Waals surface area contributed by atoms with E-state index in [1.54, 1.807) is 12.1 Å². The summed E-state index contributed by atoms with van der Waals surface area (Å²) in [7, 11) is 0. The van der Waals surface area contributed by atoms with Gasteiger partial charge in [-0.3, -0.25) is 10.2 Å². The van der Waals surface area contributed by atoms with Crippen LogP contribution in [-0.4, -0.2) is 38.1 Å². The summed E-state index contributed by atoms with van der Waals surface area (Å²) in [6.45, 7) is 3.15. The number of hydrazone groups is 1. The molecule has 0 saturated carbocycles. The normalized spacial score (nSPS) is 16.2. The van der Waals surface area contributed by atoms with Crippen LogP contribution in [0.15, 0.2) is 94.7 Å². The summed E-state index contributed by atoms with van der Waals surface area (Å²) >= 11 is 7.57. The molecule has 7 nitrogen and oxygen atoms in total. The van der Waals surface area contributed by atoms with E-state index in [1.165, 1.54) is 16.8 Å². The number of carbonyl (C=O) groups is 1. The molecule has 3 aromatic carbocycles. The van der Waals surface area contributed by atoms with Crippen LogP contribution in [0.25, 0.3) is 17.0 Å². The SMILES string of the molecule is Cc1cccc(OCCn2cc(/C=C3\C(=N)N4N=C(c5ccccc5Cl)SC4=NC3=O)c3ccccc32)c1. The first kappa shape index (κ1) is 24.2. The molecule has 2 aliphatic heterocycles. The first-order valence-corrected chi connectivity index (χ1v) is 13.2. The summed E-state index contributed by atoms with van der Waals surface area (Å²) in [5.41, 5.74) is 3.90. The predicted octanol–water partition coefficient (Wildman–Crippen LogP) is 6.35. The number of aromatic nitrogens is 1. The number of carbonyl (C=O) groups excluding carboxylic acids is 1. The van der Waals surface area contributed by atoms with Crippen LogP contribution in [0, 0.1) is 12.3 Å². The van der Waals surface area contributed by atoms with E-state index in [9.17, 15) is 4.79 Å². The molecule has 0 bridgehead atoms. The molecule has 1 N–H and O–H groups in total. The van der Waals surface area contributed by atoms with Gasteiger partial charge < -0.3 is 9.30 Å². The van der Waals surface area contributed by atoms with Gasteiger partial charge in [-0.15, -0.1) is 0 Å². The minimum atomic E-state index is -0.469. The molecular weight excluding hydrogens is 518 g/mol. The van der Waals surface area contributed by atoms with Crippen LogP contribution in [0.1, 0.15) is 16.7 Å². The van der Waals surface area contributed by atoms with E-state index in [2.05, 4.69) is 14.7 Å². The van der Waals surface area contributed by atoms with Crippen molar-refractivity contribution in [1.82, 2.24) is 9.58 Å². The van der Waals surface area contributed by atoms with Crippen molar-refractivity contribution in [2.24, 2.45) is 10.1 Å². The average Bonchev–Trinajstić information content (AvgIpc) is 3.49. The summed E-state index contributed by atoms with van der Waals surface area (Å²) in [5, 5.41) is 17.2. The second kappa shape index (κ2) is 9.96. The molecule has 4 aromatic rings. The van der Waals surface area contributed by atoms with Crippen LogP contribution in [-0.2, 0) is 11.3 Å². The molecule has 0 aliphatic carbocycles. The number of rotatable bonds is 6. The molecule has 3 heterocycles. The Morgan fingerprint density at radius 1 is 1.08 bits per heavy atom. The Morgan fingerprint density at radius 3 is 2.74 bits per heavy atom. The zero-order valence-corrected chi connectivity index (χ0v) is 22.0. The number of ether oxygens (including phenoxy) is 1. The van der Waals surface area contributed by atoms with Crippen molar-refractivity contribution in [2.75, 3.05) is 6.61 Å². The Kier molecular flexibility index (Phi) is 6.35. The number of para-hydroxylation sites is 1. The van der Waals surface area contributed by atoms with Gasteiger partial charge in [-0.05, 0) is 54.6 Å². The maximum atomic E-state index is 13.0. The summed E-state index contributed by atoms with van der Waals surface area (Å²) in [4.78, 5) is 17.2. The highest BCUT2D eigenvalue weighted by Gasteiger charge is 2.36. The molecule has 0 radical (unpaired) electrons. The maximum Gasteiger partial charge on any atom is 0.283 e. The van der Waals surface area contributed by atoms with Crippen molar-refractivity contribution in [3.05, 3.63) is 106 Å². The number of fused-ring (bicyclic) bond motifs is 2. The second-order valence-electron chi connectivity index (χ2n) is 8.86. The zero-order chi connectivity index (χ0) is 26.2. The van der Waals surface area contributed by atoms with Crippen molar-refractivity contribution >= 4 is 62.3 Å². The van der Waals surface area contributed by atoms with E-state index in [0.29, 0.717) is 28.4 Å². The Balaban J connectivity index is 1.29. The molecule has 0 saturated heterocycles. The van der Waals surface area contributed by atoms with Crippen molar-refractivity contribution in [1.29, 1.82) is 5.41 Å². The van der Waals surface area contributed by atoms with Gasteiger partial charge in [0.1, 0.15) is 17.4 Å². The van der Waals surface area contributed by atoms with E-state index >= 15 is 0 Å². The van der Waals surface area contributed by atoms with Crippen LogP contribution in [0.3, 0.4) is 0 Å². The van der Waals surface area contributed by atoms with Crippen LogP contribution >= 0.6 is 23.4 Å². The van der Waals surface area contributed by atoms with Gasteiger partial charge in [0, 0.05) is 28.2 Å². The van der Waals surface area contributed by atoms with E-state index in [1.807, 2.05) is 79.9 Å². The van der Waals surface area contributed by atoms with Crippen LogP contribution in [0.2, 0.25) is 5.02 Å².